The molecule has 2 heteroatoms. The average molecular weight is 248 g/mol. The number of Topliss-reactive ketones (excluding diaryl/α,β-unsaturated/α-hetero) is 1. The Bertz CT molecular complexity index is 349. The fraction of sp³-hybridized carbons (Fsp3) is 0.562. The van der Waals surface area contributed by atoms with Crippen LogP contribution in [0.5, 0.6) is 0 Å². The first-order valence-electron chi connectivity index (χ1n) is 6.90. The van der Waals surface area contributed by atoms with Crippen LogP contribution >= 0.6 is 0 Å². The molecular weight excluding hydrogens is 224 g/mol. The van der Waals surface area contributed by atoms with E-state index < -0.39 is 0 Å². The maximum absolute atomic E-state index is 11.9. The number of fused-ring (bicyclic) bond motifs is 3. The second-order valence-electron chi connectivity index (χ2n) is 4.55. The standard InChI is InChI=1S/C13H14O.C2H6.CH4O/c14-13-11-5-6-12(13)8-10-4-2-1-3-9(10)7-11;2*1-2/h1-4,11-12H,5-8H2;1-2H3;2H,1H3/t11-,12+;;. The zero-order valence-electron chi connectivity index (χ0n) is 11.6. The highest BCUT2D eigenvalue weighted by Gasteiger charge is 2.36. The minimum absolute atomic E-state index is 0.337. The largest absolute Gasteiger partial charge is 0.400 e. The van der Waals surface area contributed by atoms with E-state index in [9.17, 15) is 4.79 Å². The van der Waals surface area contributed by atoms with Gasteiger partial charge in [-0.15, -0.1) is 0 Å². The summed E-state index contributed by atoms with van der Waals surface area (Å²) < 4.78 is 0. The number of carbonyl (C=O) groups excluding carboxylic acids is 1. The van der Waals surface area contributed by atoms with Gasteiger partial charge in [0, 0.05) is 18.9 Å². The molecule has 0 aliphatic heterocycles. The van der Waals surface area contributed by atoms with E-state index >= 15 is 0 Å². The van der Waals surface area contributed by atoms with Crippen molar-refractivity contribution in [3.05, 3.63) is 35.4 Å². The second-order valence-corrected chi connectivity index (χ2v) is 4.55. The van der Waals surface area contributed by atoms with E-state index in [0.717, 1.165) is 32.8 Å². The number of aliphatic hydroxyl groups is 1. The summed E-state index contributed by atoms with van der Waals surface area (Å²) in [5, 5.41) is 7.00. The van der Waals surface area contributed by atoms with Crippen LogP contribution in [0.3, 0.4) is 0 Å². The minimum atomic E-state index is 0.337. The third-order valence-electron chi connectivity index (χ3n) is 3.72. The number of hydrogen-bond acceptors (Lipinski definition) is 2. The summed E-state index contributed by atoms with van der Waals surface area (Å²) in [6.07, 6.45) is 4.23. The van der Waals surface area contributed by atoms with Crippen LogP contribution in [-0.2, 0) is 17.6 Å². The van der Waals surface area contributed by atoms with Crippen LogP contribution in [0.2, 0.25) is 0 Å². The number of carbonyl (C=O) groups is 1. The van der Waals surface area contributed by atoms with Crippen LogP contribution in [-0.4, -0.2) is 18.0 Å². The second kappa shape index (κ2) is 7.32. The van der Waals surface area contributed by atoms with Gasteiger partial charge in [0.25, 0.3) is 0 Å². The Morgan fingerprint density at radius 1 is 0.944 bits per heavy atom. The normalized spacial score (nSPS) is 23.9. The van der Waals surface area contributed by atoms with E-state index in [2.05, 4.69) is 24.3 Å². The van der Waals surface area contributed by atoms with Gasteiger partial charge in [0.05, 0.1) is 0 Å². The molecule has 0 unspecified atom stereocenters. The Balaban J connectivity index is 0.000000371. The molecule has 18 heavy (non-hydrogen) atoms. The zero-order chi connectivity index (χ0) is 13.5. The molecule has 0 spiro atoms. The van der Waals surface area contributed by atoms with Crippen molar-refractivity contribution in [3.63, 3.8) is 0 Å². The van der Waals surface area contributed by atoms with Gasteiger partial charge >= 0.3 is 0 Å². The van der Waals surface area contributed by atoms with Crippen LogP contribution in [0.25, 0.3) is 0 Å². The van der Waals surface area contributed by atoms with Crippen molar-refractivity contribution < 1.29 is 9.90 Å². The fourth-order valence-corrected chi connectivity index (χ4v) is 2.91. The molecule has 0 aromatic heterocycles. The van der Waals surface area contributed by atoms with Gasteiger partial charge in [0.15, 0.2) is 0 Å². The first kappa shape index (κ1) is 14.9. The third-order valence-corrected chi connectivity index (χ3v) is 3.72. The van der Waals surface area contributed by atoms with Gasteiger partial charge in [-0.1, -0.05) is 38.1 Å². The van der Waals surface area contributed by atoms with E-state index in [0.29, 0.717) is 17.6 Å². The molecule has 2 aliphatic carbocycles. The first-order chi connectivity index (χ1) is 8.84. The van der Waals surface area contributed by atoms with Gasteiger partial charge in [-0.05, 0) is 36.8 Å². The number of ketones is 1. The Morgan fingerprint density at radius 3 is 1.72 bits per heavy atom. The van der Waals surface area contributed by atoms with E-state index in [1.807, 2.05) is 13.8 Å². The molecule has 0 saturated heterocycles. The molecule has 1 aromatic carbocycles. The predicted molar refractivity (Wildman–Crippen MR) is 74.6 cm³/mol. The average Bonchev–Trinajstić information content (AvgIpc) is 2.69. The molecule has 3 rings (SSSR count). The molecule has 2 atom stereocenters. The molecule has 1 aromatic rings. The lowest BCUT2D eigenvalue weighted by atomic mass is 9.94. The minimum Gasteiger partial charge on any atom is -0.400 e. The molecule has 1 saturated carbocycles. The quantitative estimate of drug-likeness (QED) is 0.766. The highest BCUT2D eigenvalue weighted by molar-refractivity contribution is 5.86. The zero-order valence-corrected chi connectivity index (χ0v) is 11.6. The summed E-state index contributed by atoms with van der Waals surface area (Å²) in [6.45, 7) is 4.00. The van der Waals surface area contributed by atoms with Crippen molar-refractivity contribution in [3.8, 4) is 0 Å². The molecular formula is C16H24O2. The first-order valence-corrected chi connectivity index (χ1v) is 6.90. The fourth-order valence-electron chi connectivity index (χ4n) is 2.91. The number of rotatable bonds is 0. The summed E-state index contributed by atoms with van der Waals surface area (Å²) >= 11 is 0. The van der Waals surface area contributed by atoms with Crippen molar-refractivity contribution in [2.45, 2.75) is 39.5 Å². The van der Waals surface area contributed by atoms with Crippen LogP contribution in [0.15, 0.2) is 24.3 Å². The van der Waals surface area contributed by atoms with Gasteiger partial charge < -0.3 is 5.11 Å². The number of aliphatic hydroxyl groups excluding tert-OH is 1. The summed E-state index contributed by atoms with van der Waals surface area (Å²) in [5.74, 6) is 1.20. The lowest BCUT2D eigenvalue weighted by Crippen LogP contribution is -2.13. The molecule has 0 amide bonds. The summed E-state index contributed by atoms with van der Waals surface area (Å²) in [4.78, 5) is 11.9. The molecule has 2 nitrogen and oxygen atoms in total. The van der Waals surface area contributed by atoms with Crippen molar-refractivity contribution in [2.75, 3.05) is 7.11 Å². The van der Waals surface area contributed by atoms with Crippen molar-refractivity contribution in [1.29, 1.82) is 0 Å². The molecule has 0 heterocycles. The van der Waals surface area contributed by atoms with Gasteiger partial charge in [-0.2, -0.15) is 0 Å². The van der Waals surface area contributed by atoms with Crippen LogP contribution in [0.1, 0.15) is 37.8 Å². The van der Waals surface area contributed by atoms with Gasteiger partial charge in [0.1, 0.15) is 5.78 Å². The summed E-state index contributed by atoms with van der Waals surface area (Å²) in [5.41, 5.74) is 2.82. The van der Waals surface area contributed by atoms with Gasteiger partial charge in [-0.3, -0.25) is 4.79 Å². The molecule has 0 radical (unpaired) electrons. The maximum Gasteiger partial charge on any atom is 0.139 e. The molecule has 2 aliphatic rings. The van der Waals surface area contributed by atoms with Crippen molar-refractivity contribution in [1.82, 2.24) is 0 Å². The van der Waals surface area contributed by atoms with E-state index in [4.69, 9.17) is 5.11 Å². The van der Waals surface area contributed by atoms with Gasteiger partial charge in [-0.25, -0.2) is 0 Å². The third kappa shape index (κ3) is 2.99. The number of hydrogen-bond donors (Lipinski definition) is 1. The smallest absolute Gasteiger partial charge is 0.139 e. The topological polar surface area (TPSA) is 37.3 Å². The highest BCUT2D eigenvalue weighted by Crippen LogP contribution is 2.36. The Kier molecular flexibility index (Phi) is 6.06. The Hall–Kier alpha value is -1.15. The maximum atomic E-state index is 11.9. The van der Waals surface area contributed by atoms with E-state index in [-0.39, 0.29) is 0 Å². The molecule has 1 fully saturated rings. The van der Waals surface area contributed by atoms with Crippen molar-refractivity contribution >= 4 is 5.78 Å². The van der Waals surface area contributed by atoms with Crippen LogP contribution in [0, 0.1) is 11.8 Å². The van der Waals surface area contributed by atoms with Gasteiger partial charge in [0.2, 0.25) is 0 Å². The predicted octanol–water partition coefficient (Wildman–Crippen LogP) is 3.02. The monoisotopic (exact) mass is 248 g/mol. The van der Waals surface area contributed by atoms with E-state index in [1.54, 1.807) is 0 Å². The summed E-state index contributed by atoms with van der Waals surface area (Å²) in [7, 11) is 1.00. The van der Waals surface area contributed by atoms with Crippen molar-refractivity contribution in [2.24, 2.45) is 11.8 Å². The Morgan fingerprint density at radius 2 is 1.33 bits per heavy atom. The van der Waals surface area contributed by atoms with Crippen LogP contribution in [0.4, 0.5) is 0 Å². The Labute approximate surface area is 110 Å². The lowest BCUT2D eigenvalue weighted by molar-refractivity contribution is -0.123. The summed E-state index contributed by atoms with van der Waals surface area (Å²) in [6, 6.07) is 8.54. The SMILES string of the molecule is CC.CO.O=C1[C@@H]2CC[C@H]1Cc1ccccc1C2. The van der Waals surface area contributed by atoms with E-state index in [1.165, 1.54) is 11.1 Å². The molecule has 100 valence electrons. The lowest BCUT2D eigenvalue weighted by Gasteiger charge is -2.10. The molecule has 1 N–H and O–H groups in total. The molecule has 2 bridgehead atoms. The van der Waals surface area contributed by atoms with Crippen LogP contribution < -0.4 is 0 Å². The highest BCUT2D eigenvalue weighted by atomic mass is 16.2. The number of benzene rings is 1.